The monoisotopic (exact) mass is 430 g/mol. The van der Waals surface area contributed by atoms with Crippen molar-refractivity contribution in [3.05, 3.63) is 64.5 Å². The summed E-state index contributed by atoms with van der Waals surface area (Å²) in [4.78, 5) is 27.3. The molecule has 166 valence electrons. The predicted molar refractivity (Wildman–Crippen MR) is 124 cm³/mol. The molecular weight excluding hydrogens is 400 g/mol. The Labute approximate surface area is 189 Å². The van der Waals surface area contributed by atoms with E-state index < -0.39 is 5.91 Å². The lowest BCUT2D eigenvalue weighted by atomic mass is 10.1. The molecule has 4 rings (SSSR count). The first-order valence-corrected chi connectivity index (χ1v) is 11.4. The van der Waals surface area contributed by atoms with Crippen LogP contribution in [0, 0.1) is 25.2 Å². The van der Waals surface area contributed by atoms with Gasteiger partial charge in [-0.15, -0.1) is 0 Å². The molecule has 6 nitrogen and oxygen atoms in total. The number of nitrogens with one attached hydrogen (secondary N) is 1. The van der Waals surface area contributed by atoms with Gasteiger partial charge in [0.2, 0.25) is 5.91 Å². The largest absolute Gasteiger partial charge is 0.349 e. The van der Waals surface area contributed by atoms with Crippen LogP contribution in [0.2, 0.25) is 0 Å². The number of carbonyl (C=O) groups is 2. The summed E-state index contributed by atoms with van der Waals surface area (Å²) in [6.07, 6.45) is 3.93. The normalized spacial score (nSPS) is 22.7. The Morgan fingerprint density at radius 1 is 1.28 bits per heavy atom. The molecule has 3 atom stereocenters. The number of amides is 2. The first kappa shape index (κ1) is 21.9. The van der Waals surface area contributed by atoms with Gasteiger partial charge in [-0.05, 0) is 50.0 Å². The summed E-state index contributed by atoms with van der Waals surface area (Å²) in [6, 6.07) is 14.2. The molecule has 1 aliphatic heterocycles. The van der Waals surface area contributed by atoms with Gasteiger partial charge in [0, 0.05) is 42.9 Å². The summed E-state index contributed by atoms with van der Waals surface area (Å²) in [5, 5.41) is 12.5. The van der Waals surface area contributed by atoms with Crippen LogP contribution in [-0.4, -0.2) is 39.9 Å². The number of benzene rings is 1. The molecule has 1 aliphatic carbocycles. The fourth-order valence-electron chi connectivity index (χ4n) is 4.84. The summed E-state index contributed by atoms with van der Waals surface area (Å²) >= 11 is 0. The molecule has 1 saturated heterocycles. The molecule has 2 heterocycles. The molecule has 1 aromatic carbocycles. The second kappa shape index (κ2) is 9.04. The topological polar surface area (TPSA) is 78.1 Å². The van der Waals surface area contributed by atoms with Crippen LogP contribution >= 0.6 is 0 Å². The van der Waals surface area contributed by atoms with Crippen LogP contribution < -0.4 is 5.32 Å². The molecular formula is C26H30N4O2. The van der Waals surface area contributed by atoms with Crippen molar-refractivity contribution < 1.29 is 9.59 Å². The van der Waals surface area contributed by atoms with Gasteiger partial charge in [0.05, 0.1) is 6.04 Å². The van der Waals surface area contributed by atoms with E-state index in [0.29, 0.717) is 12.5 Å². The quantitative estimate of drug-likeness (QED) is 0.537. The lowest BCUT2D eigenvalue weighted by Gasteiger charge is -2.17. The second-order valence-corrected chi connectivity index (χ2v) is 8.89. The minimum absolute atomic E-state index is 0.0706. The Kier molecular flexibility index (Phi) is 6.18. The highest BCUT2D eigenvalue weighted by atomic mass is 16.2. The van der Waals surface area contributed by atoms with Crippen molar-refractivity contribution in [3.8, 4) is 6.07 Å². The number of aryl methyl sites for hydroxylation is 1. The van der Waals surface area contributed by atoms with Crippen LogP contribution in [0.15, 0.2) is 42.0 Å². The molecule has 2 aliphatic rings. The van der Waals surface area contributed by atoms with Gasteiger partial charge in [0.25, 0.3) is 5.91 Å². The number of rotatable bonds is 7. The summed E-state index contributed by atoms with van der Waals surface area (Å²) in [5.74, 6) is 0.0368. The molecule has 2 aromatic rings. The third-order valence-corrected chi connectivity index (χ3v) is 6.60. The molecule has 32 heavy (non-hydrogen) atoms. The van der Waals surface area contributed by atoms with Crippen LogP contribution in [0.25, 0.3) is 6.08 Å². The van der Waals surface area contributed by atoms with Gasteiger partial charge in [0.1, 0.15) is 11.6 Å². The van der Waals surface area contributed by atoms with Crippen LogP contribution in [-0.2, 0) is 16.1 Å². The Bertz CT molecular complexity index is 1090. The second-order valence-electron chi connectivity index (χ2n) is 8.89. The molecule has 0 unspecified atom stereocenters. The zero-order chi connectivity index (χ0) is 22.8. The maximum Gasteiger partial charge on any atom is 0.262 e. The van der Waals surface area contributed by atoms with Crippen molar-refractivity contribution in [2.75, 3.05) is 6.54 Å². The van der Waals surface area contributed by atoms with E-state index in [0.717, 1.165) is 36.3 Å². The van der Waals surface area contributed by atoms with E-state index in [4.69, 9.17) is 0 Å². The summed E-state index contributed by atoms with van der Waals surface area (Å²) in [7, 11) is 0. The third kappa shape index (κ3) is 4.34. The first-order valence-electron chi connectivity index (χ1n) is 11.4. The highest BCUT2D eigenvalue weighted by Gasteiger charge is 2.48. The first-order chi connectivity index (χ1) is 15.4. The van der Waals surface area contributed by atoms with Gasteiger partial charge in [-0.3, -0.25) is 9.59 Å². The highest BCUT2D eigenvalue weighted by molar-refractivity contribution is 6.02. The number of likely N-dealkylation sites (tertiary alicyclic amines) is 1. The fourth-order valence-corrected chi connectivity index (χ4v) is 4.84. The molecule has 0 bridgehead atoms. The Hall–Kier alpha value is -3.33. The van der Waals surface area contributed by atoms with E-state index in [2.05, 4.69) is 28.9 Å². The Morgan fingerprint density at radius 3 is 2.72 bits per heavy atom. The van der Waals surface area contributed by atoms with Crippen LogP contribution in [0.5, 0.6) is 0 Å². The van der Waals surface area contributed by atoms with Gasteiger partial charge in [0.15, 0.2) is 0 Å². The van der Waals surface area contributed by atoms with Crippen molar-refractivity contribution in [1.29, 1.82) is 5.26 Å². The van der Waals surface area contributed by atoms with Gasteiger partial charge < -0.3 is 14.8 Å². The minimum atomic E-state index is -0.414. The average Bonchev–Trinajstić information content (AvgIpc) is 3.43. The van der Waals surface area contributed by atoms with E-state index in [-0.39, 0.29) is 30.0 Å². The number of nitrogens with zero attached hydrogens (tertiary/aromatic N) is 3. The molecule has 0 radical (unpaired) electrons. The van der Waals surface area contributed by atoms with Crippen molar-refractivity contribution in [2.45, 2.75) is 64.6 Å². The maximum atomic E-state index is 12.8. The lowest BCUT2D eigenvalue weighted by molar-refractivity contribution is -0.128. The third-order valence-electron chi connectivity index (χ3n) is 6.60. The van der Waals surface area contributed by atoms with Gasteiger partial charge in [-0.25, -0.2) is 0 Å². The van der Waals surface area contributed by atoms with E-state index in [1.54, 1.807) is 6.08 Å². The van der Waals surface area contributed by atoms with Crippen molar-refractivity contribution in [2.24, 2.45) is 0 Å². The van der Waals surface area contributed by atoms with E-state index in [1.807, 2.05) is 49.1 Å². The summed E-state index contributed by atoms with van der Waals surface area (Å²) in [5.41, 5.74) is 4.38. The maximum absolute atomic E-state index is 12.8. The zero-order valence-electron chi connectivity index (χ0n) is 19.0. The van der Waals surface area contributed by atoms with E-state index >= 15 is 0 Å². The summed E-state index contributed by atoms with van der Waals surface area (Å²) in [6.45, 7) is 7.57. The molecule has 6 heteroatoms. The van der Waals surface area contributed by atoms with Gasteiger partial charge in [-0.2, -0.15) is 5.26 Å². The van der Waals surface area contributed by atoms with E-state index in [1.165, 1.54) is 5.56 Å². The minimum Gasteiger partial charge on any atom is -0.349 e. The number of hydrogen-bond acceptors (Lipinski definition) is 3. The van der Waals surface area contributed by atoms with E-state index in [9.17, 15) is 14.9 Å². The summed E-state index contributed by atoms with van der Waals surface area (Å²) < 4.78 is 2.20. The van der Waals surface area contributed by atoms with Gasteiger partial charge in [-0.1, -0.05) is 37.3 Å². The Morgan fingerprint density at radius 2 is 2.03 bits per heavy atom. The fraction of sp³-hybridized carbons (Fsp3) is 0.423. The number of hydrogen-bond donors (Lipinski definition) is 1. The molecule has 1 aromatic heterocycles. The van der Waals surface area contributed by atoms with Crippen molar-refractivity contribution in [1.82, 2.24) is 14.8 Å². The molecule has 1 N–H and O–H groups in total. The smallest absolute Gasteiger partial charge is 0.262 e. The molecule has 0 spiro atoms. The number of nitriles is 1. The SMILES string of the molecule is CCCn1c(C)cc(/C=C(\C#N)C(=O)N[C@@H]2CC(=O)N([C@@H]3C[C@@H]3c3ccccc3)C2)c1C. The van der Waals surface area contributed by atoms with Gasteiger partial charge >= 0.3 is 0 Å². The van der Waals surface area contributed by atoms with Crippen LogP contribution in [0.1, 0.15) is 54.6 Å². The Balaban J connectivity index is 1.40. The van der Waals surface area contributed by atoms with Crippen LogP contribution in [0.3, 0.4) is 0 Å². The van der Waals surface area contributed by atoms with Crippen molar-refractivity contribution in [3.63, 3.8) is 0 Å². The standard InChI is InChI=1S/C26H30N4O2/c1-4-10-29-17(2)11-20(18(29)3)12-21(15-27)26(32)28-22-13-25(31)30(16-22)24-14-23(24)19-8-6-5-7-9-19/h5-9,11-12,22-24H,4,10,13-14,16H2,1-3H3,(H,28,32)/b21-12+/t22-,23-,24-/m1/s1. The lowest BCUT2D eigenvalue weighted by Crippen LogP contribution is -2.38. The van der Waals surface area contributed by atoms with Crippen LogP contribution in [0.4, 0.5) is 0 Å². The molecule has 1 saturated carbocycles. The average molecular weight is 431 g/mol. The molecule has 2 fully saturated rings. The predicted octanol–water partition coefficient (Wildman–Crippen LogP) is 3.70. The zero-order valence-corrected chi connectivity index (χ0v) is 19.0. The molecule has 2 amide bonds. The number of carbonyl (C=O) groups excluding carboxylic acids is 2. The highest BCUT2D eigenvalue weighted by Crippen LogP contribution is 2.45. The number of aromatic nitrogens is 1. The van der Waals surface area contributed by atoms with Crippen molar-refractivity contribution >= 4 is 17.9 Å².